The summed E-state index contributed by atoms with van der Waals surface area (Å²) in [6.45, 7) is -0.344. The average molecular weight is 359 g/mol. The van der Waals surface area contributed by atoms with E-state index in [1.165, 1.54) is 24.3 Å². The summed E-state index contributed by atoms with van der Waals surface area (Å²) < 4.78 is 27.8. The summed E-state index contributed by atoms with van der Waals surface area (Å²) >= 11 is 0. The Bertz CT molecular complexity index is 720. The lowest BCUT2D eigenvalue weighted by atomic mass is 10.1. The molecule has 0 radical (unpaired) electrons. The van der Waals surface area contributed by atoms with E-state index in [-0.39, 0.29) is 31.8 Å². The summed E-state index contributed by atoms with van der Waals surface area (Å²) in [5.41, 5.74) is 0.453. The highest BCUT2D eigenvalue weighted by Gasteiger charge is 2.35. The molecule has 24 heavy (non-hydrogen) atoms. The van der Waals surface area contributed by atoms with E-state index in [4.69, 9.17) is 9.88 Å². The molecule has 1 saturated heterocycles. The molecular formula is C13H17N3O7S. The van der Waals surface area contributed by atoms with E-state index in [0.29, 0.717) is 5.56 Å². The maximum absolute atomic E-state index is 12.0. The number of aliphatic hydroxyl groups excluding tert-OH is 1. The van der Waals surface area contributed by atoms with E-state index < -0.39 is 32.4 Å². The third-order valence-corrected chi connectivity index (χ3v) is 4.89. The second-order valence-corrected chi connectivity index (χ2v) is 7.33. The molecule has 0 aromatic heterocycles. The van der Waals surface area contributed by atoms with Crippen LogP contribution in [0, 0.1) is 10.1 Å². The number of hydrogen-bond acceptors (Lipinski definition) is 7. The predicted octanol–water partition coefficient (Wildman–Crippen LogP) is -0.0449. The van der Waals surface area contributed by atoms with Crippen LogP contribution in [0.15, 0.2) is 24.3 Å². The van der Waals surface area contributed by atoms with Crippen molar-refractivity contribution in [2.24, 2.45) is 5.14 Å². The standard InChI is InChI=1S/C13H17N3O7S/c14-24(21,22)12-5-11(17)6-15(7-12)13(18)23-8-9-1-3-10(4-2-9)16(19)20/h1-4,11-12,17H,5-8H2,(H2,14,21,22)/t11-,12+/m1/s1. The van der Waals surface area contributed by atoms with Gasteiger partial charge >= 0.3 is 6.09 Å². The number of hydrogen-bond donors (Lipinski definition) is 2. The van der Waals surface area contributed by atoms with Gasteiger partial charge in [-0.05, 0) is 24.1 Å². The molecule has 2 atom stereocenters. The number of aliphatic hydroxyl groups is 1. The smallest absolute Gasteiger partial charge is 0.410 e. The normalized spacial score (nSPS) is 21.3. The molecule has 1 aliphatic heterocycles. The van der Waals surface area contributed by atoms with Crippen LogP contribution in [0.5, 0.6) is 0 Å². The number of nitro benzene ring substituents is 1. The lowest BCUT2D eigenvalue weighted by molar-refractivity contribution is -0.384. The maximum atomic E-state index is 12.0. The minimum absolute atomic E-state index is 0.0367. The van der Waals surface area contributed by atoms with Crippen LogP contribution in [-0.4, -0.2) is 53.9 Å². The highest BCUT2D eigenvalue weighted by Crippen LogP contribution is 2.18. The monoisotopic (exact) mass is 359 g/mol. The molecule has 132 valence electrons. The van der Waals surface area contributed by atoms with Gasteiger partial charge in [0.05, 0.1) is 22.8 Å². The van der Waals surface area contributed by atoms with Gasteiger partial charge in [-0.3, -0.25) is 10.1 Å². The molecule has 0 aliphatic carbocycles. The van der Waals surface area contributed by atoms with Gasteiger partial charge < -0.3 is 14.7 Å². The number of likely N-dealkylation sites (tertiary alicyclic amines) is 1. The van der Waals surface area contributed by atoms with Gasteiger partial charge in [-0.2, -0.15) is 0 Å². The lowest BCUT2D eigenvalue weighted by Crippen LogP contribution is -2.52. The number of amides is 1. The molecule has 3 N–H and O–H groups in total. The van der Waals surface area contributed by atoms with E-state index in [2.05, 4.69) is 0 Å². The Morgan fingerprint density at radius 1 is 1.38 bits per heavy atom. The number of primary sulfonamides is 1. The molecule has 0 saturated carbocycles. The number of sulfonamides is 1. The van der Waals surface area contributed by atoms with Crippen molar-refractivity contribution in [2.75, 3.05) is 13.1 Å². The van der Waals surface area contributed by atoms with Crippen molar-refractivity contribution in [3.05, 3.63) is 39.9 Å². The second kappa shape index (κ2) is 7.11. The molecular weight excluding hydrogens is 342 g/mol. The molecule has 10 nitrogen and oxygen atoms in total. The van der Waals surface area contributed by atoms with E-state index in [0.717, 1.165) is 4.90 Å². The molecule has 0 spiro atoms. The summed E-state index contributed by atoms with van der Waals surface area (Å²) in [4.78, 5) is 23.1. The number of ether oxygens (including phenoxy) is 1. The largest absolute Gasteiger partial charge is 0.445 e. The van der Waals surface area contributed by atoms with E-state index >= 15 is 0 Å². The Hall–Kier alpha value is -2.24. The number of carbonyl (C=O) groups is 1. The Balaban J connectivity index is 1.95. The van der Waals surface area contributed by atoms with Crippen LogP contribution < -0.4 is 5.14 Å². The predicted molar refractivity (Wildman–Crippen MR) is 82.4 cm³/mol. The van der Waals surface area contributed by atoms with Crippen molar-refractivity contribution in [1.29, 1.82) is 0 Å². The molecule has 1 fully saturated rings. The van der Waals surface area contributed by atoms with Crippen molar-refractivity contribution < 1.29 is 28.0 Å². The van der Waals surface area contributed by atoms with E-state index in [1.807, 2.05) is 0 Å². The zero-order chi connectivity index (χ0) is 17.9. The minimum Gasteiger partial charge on any atom is -0.445 e. The van der Waals surface area contributed by atoms with Gasteiger partial charge in [0.1, 0.15) is 6.61 Å². The number of nitrogens with two attached hydrogens (primary N) is 1. The number of β-amino-alcohol motifs (C(OH)–C–C–N with tert-alkyl or cyclic N) is 1. The van der Waals surface area contributed by atoms with Gasteiger partial charge in [-0.15, -0.1) is 0 Å². The zero-order valence-corrected chi connectivity index (χ0v) is 13.4. The number of rotatable bonds is 4. The number of nitrogens with zero attached hydrogens (tertiary/aromatic N) is 2. The van der Waals surface area contributed by atoms with Gasteiger partial charge in [0.15, 0.2) is 0 Å². The van der Waals surface area contributed by atoms with E-state index in [9.17, 15) is 28.4 Å². The Morgan fingerprint density at radius 3 is 2.54 bits per heavy atom. The zero-order valence-electron chi connectivity index (χ0n) is 12.6. The fraction of sp³-hybridized carbons (Fsp3) is 0.462. The summed E-state index contributed by atoms with van der Waals surface area (Å²) in [6, 6.07) is 5.46. The maximum Gasteiger partial charge on any atom is 0.410 e. The van der Waals surface area contributed by atoms with Crippen molar-refractivity contribution in [3.63, 3.8) is 0 Å². The second-order valence-electron chi connectivity index (χ2n) is 5.48. The van der Waals surface area contributed by atoms with E-state index in [1.54, 1.807) is 0 Å². The van der Waals surface area contributed by atoms with Crippen LogP contribution in [0.2, 0.25) is 0 Å². The minimum atomic E-state index is -3.88. The fourth-order valence-electron chi connectivity index (χ4n) is 2.36. The van der Waals surface area contributed by atoms with Crippen LogP contribution in [0.4, 0.5) is 10.5 Å². The summed E-state index contributed by atoms with van der Waals surface area (Å²) in [5, 5.41) is 24.3. The fourth-order valence-corrected chi connectivity index (χ4v) is 3.24. The summed E-state index contributed by atoms with van der Waals surface area (Å²) in [5.74, 6) is 0. The summed E-state index contributed by atoms with van der Waals surface area (Å²) in [6.07, 6.45) is -1.83. The quantitative estimate of drug-likeness (QED) is 0.564. The SMILES string of the molecule is NS(=O)(=O)[C@H]1C[C@@H](O)CN(C(=O)OCc2ccc([N+](=O)[O-])cc2)C1. The lowest BCUT2D eigenvalue weighted by Gasteiger charge is -2.33. The third kappa shape index (κ3) is 4.63. The van der Waals surface area contributed by atoms with Gasteiger partial charge in [-0.1, -0.05) is 0 Å². The molecule has 1 heterocycles. The number of non-ortho nitro benzene ring substituents is 1. The molecule has 1 aromatic rings. The van der Waals surface area contributed by atoms with Gasteiger partial charge in [-0.25, -0.2) is 18.4 Å². The first-order valence-electron chi connectivity index (χ1n) is 7.01. The van der Waals surface area contributed by atoms with Crippen molar-refractivity contribution >= 4 is 21.8 Å². The number of benzene rings is 1. The van der Waals surface area contributed by atoms with Crippen molar-refractivity contribution in [1.82, 2.24) is 4.90 Å². The molecule has 11 heteroatoms. The Kier molecular flexibility index (Phi) is 5.36. The van der Waals surface area contributed by atoms with Gasteiger partial charge in [0.25, 0.3) is 5.69 Å². The van der Waals surface area contributed by atoms with Crippen LogP contribution in [0.3, 0.4) is 0 Å². The molecule has 0 bridgehead atoms. The summed E-state index contributed by atoms with van der Waals surface area (Å²) in [7, 11) is -3.88. The topological polar surface area (TPSA) is 153 Å². The first-order valence-corrected chi connectivity index (χ1v) is 8.62. The third-order valence-electron chi connectivity index (χ3n) is 3.62. The first-order chi connectivity index (χ1) is 11.2. The Labute approximate surface area is 138 Å². The number of nitro groups is 1. The average Bonchev–Trinajstić information content (AvgIpc) is 2.51. The van der Waals surface area contributed by atoms with Crippen LogP contribution in [-0.2, 0) is 21.4 Å². The van der Waals surface area contributed by atoms with Crippen LogP contribution in [0.1, 0.15) is 12.0 Å². The Morgan fingerprint density at radius 2 is 2.00 bits per heavy atom. The molecule has 1 amide bonds. The number of carbonyl (C=O) groups excluding carboxylic acids is 1. The van der Waals surface area contributed by atoms with Gasteiger partial charge in [0.2, 0.25) is 10.0 Å². The molecule has 1 aromatic carbocycles. The highest BCUT2D eigenvalue weighted by molar-refractivity contribution is 7.89. The van der Waals surface area contributed by atoms with Crippen LogP contribution >= 0.6 is 0 Å². The highest BCUT2D eigenvalue weighted by atomic mass is 32.2. The van der Waals surface area contributed by atoms with Gasteiger partial charge in [0, 0.05) is 18.7 Å². The van der Waals surface area contributed by atoms with Crippen molar-refractivity contribution in [2.45, 2.75) is 24.4 Å². The number of piperidine rings is 1. The molecule has 1 aliphatic rings. The first kappa shape index (κ1) is 18.1. The molecule has 2 rings (SSSR count). The molecule has 0 unspecified atom stereocenters. The van der Waals surface area contributed by atoms with Crippen molar-refractivity contribution in [3.8, 4) is 0 Å². The van der Waals surface area contributed by atoms with Crippen LogP contribution in [0.25, 0.3) is 0 Å².